The average Bonchev–Trinajstić information content (AvgIpc) is 3.17. The molecule has 2 aliphatic rings. The lowest BCUT2D eigenvalue weighted by Gasteiger charge is -2.22. The van der Waals surface area contributed by atoms with E-state index in [-0.39, 0.29) is 17.7 Å². The maximum absolute atomic E-state index is 12.2. The molecule has 2 heterocycles. The molecule has 23 heavy (non-hydrogen) atoms. The van der Waals surface area contributed by atoms with Gasteiger partial charge in [0.25, 0.3) is 0 Å². The number of fused-ring (bicyclic) bond motifs is 1. The van der Waals surface area contributed by atoms with Crippen LogP contribution in [-0.2, 0) is 9.53 Å². The number of para-hydroxylation sites is 1. The van der Waals surface area contributed by atoms with Crippen LogP contribution in [0.4, 0.5) is 0 Å². The van der Waals surface area contributed by atoms with Crippen molar-refractivity contribution in [3.05, 3.63) is 29.3 Å². The molecule has 1 amide bonds. The summed E-state index contributed by atoms with van der Waals surface area (Å²) in [6.07, 6.45) is 1.10. The Kier molecular flexibility index (Phi) is 4.89. The van der Waals surface area contributed by atoms with Gasteiger partial charge in [0, 0.05) is 18.1 Å². The molecule has 0 radical (unpaired) electrons. The molecule has 0 aromatic heterocycles. The van der Waals surface area contributed by atoms with Crippen LogP contribution in [0.25, 0.3) is 0 Å². The van der Waals surface area contributed by atoms with Crippen LogP contribution < -0.4 is 10.1 Å². The third kappa shape index (κ3) is 3.52. The fourth-order valence-electron chi connectivity index (χ4n) is 3.27. The lowest BCUT2D eigenvalue weighted by Crippen LogP contribution is -2.49. The lowest BCUT2D eigenvalue weighted by atomic mass is 9.73. The molecule has 124 valence electrons. The molecule has 2 aliphatic heterocycles. The summed E-state index contributed by atoms with van der Waals surface area (Å²) in [6.45, 7) is 3.45. The van der Waals surface area contributed by atoms with Crippen LogP contribution >= 0.6 is 0 Å². The highest BCUT2D eigenvalue weighted by atomic mass is 16.5. The molecule has 0 spiro atoms. The van der Waals surface area contributed by atoms with Gasteiger partial charge in [0.2, 0.25) is 5.91 Å². The Morgan fingerprint density at radius 1 is 1.43 bits per heavy atom. The number of rotatable bonds is 5. The van der Waals surface area contributed by atoms with Crippen molar-refractivity contribution in [2.45, 2.75) is 31.6 Å². The van der Waals surface area contributed by atoms with Crippen molar-refractivity contribution in [1.82, 2.24) is 5.32 Å². The van der Waals surface area contributed by atoms with Gasteiger partial charge < -0.3 is 24.8 Å². The Labute approximate surface area is 135 Å². The zero-order chi connectivity index (χ0) is 16.4. The van der Waals surface area contributed by atoms with E-state index in [1.54, 1.807) is 0 Å². The van der Waals surface area contributed by atoms with Crippen molar-refractivity contribution in [1.29, 1.82) is 0 Å². The zero-order valence-electron chi connectivity index (χ0n) is 13.2. The van der Waals surface area contributed by atoms with Gasteiger partial charge in [0.1, 0.15) is 5.75 Å². The van der Waals surface area contributed by atoms with Crippen LogP contribution in [0.15, 0.2) is 18.2 Å². The van der Waals surface area contributed by atoms with Crippen LogP contribution in [0.1, 0.15) is 29.9 Å². The van der Waals surface area contributed by atoms with Crippen molar-refractivity contribution >= 4 is 13.0 Å². The number of aryl methyl sites for hydroxylation is 1. The van der Waals surface area contributed by atoms with E-state index in [2.05, 4.69) is 5.32 Å². The first kappa shape index (κ1) is 16.3. The molecule has 0 saturated carbocycles. The third-order valence-corrected chi connectivity index (χ3v) is 4.64. The molecule has 0 aliphatic carbocycles. The van der Waals surface area contributed by atoms with Gasteiger partial charge in [-0.05, 0) is 25.3 Å². The van der Waals surface area contributed by atoms with E-state index < -0.39 is 13.1 Å². The third-order valence-electron chi connectivity index (χ3n) is 4.64. The smallest absolute Gasteiger partial charge is 0.475 e. The van der Waals surface area contributed by atoms with Gasteiger partial charge in [-0.3, -0.25) is 4.79 Å². The van der Waals surface area contributed by atoms with Gasteiger partial charge in [-0.1, -0.05) is 18.2 Å². The molecule has 1 fully saturated rings. The van der Waals surface area contributed by atoms with Gasteiger partial charge in [0.15, 0.2) is 0 Å². The Balaban J connectivity index is 1.67. The molecule has 1 saturated heterocycles. The molecule has 1 aromatic rings. The zero-order valence-corrected chi connectivity index (χ0v) is 13.2. The summed E-state index contributed by atoms with van der Waals surface area (Å²) in [6, 6.07) is 5.95. The highest BCUT2D eigenvalue weighted by Gasteiger charge is 2.35. The second-order valence-corrected chi connectivity index (χ2v) is 6.33. The first-order valence-electron chi connectivity index (χ1n) is 8.03. The van der Waals surface area contributed by atoms with Crippen molar-refractivity contribution in [2.24, 2.45) is 5.92 Å². The quantitative estimate of drug-likeness (QED) is 0.684. The number of hydrogen-bond donors (Lipinski definition) is 3. The Morgan fingerprint density at radius 3 is 2.96 bits per heavy atom. The second-order valence-electron chi connectivity index (χ2n) is 6.33. The summed E-state index contributed by atoms with van der Waals surface area (Å²) in [7, 11) is -1.60. The van der Waals surface area contributed by atoms with Crippen LogP contribution in [0, 0.1) is 12.8 Å². The number of ether oxygens (including phenoxy) is 2. The first-order valence-corrected chi connectivity index (χ1v) is 8.03. The van der Waals surface area contributed by atoms with Crippen LogP contribution in [0.2, 0.25) is 0 Å². The fourth-order valence-corrected chi connectivity index (χ4v) is 3.27. The highest BCUT2D eigenvalue weighted by Crippen LogP contribution is 2.38. The molecule has 7 heteroatoms. The minimum Gasteiger partial charge on any atom is -0.492 e. The molecular weight excluding hydrogens is 297 g/mol. The maximum Gasteiger partial charge on any atom is 0.475 e. The monoisotopic (exact) mass is 319 g/mol. The predicted molar refractivity (Wildman–Crippen MR) is 85.1 cm³/mol. The Bertz CT molecular complexity index is 574. The minimum atomic E-state index is -1.60. The second kappa shape index (κ2) is 6.90. The maximum atomic E-state index is 12.2. The van der Waals surface area contributed by atoms with Crippen LogP contribution in [0.5, 0.6) is 5.75 Å². The standard InChI is InChI=1S/C16H22BNO5/c1-10-3-2-4-13-12(9-23-15(10)13)7-14(17(20)21)18-16(19)11-5-6-22-8-11/h2-4,11-12,14,20-21H,5-9H2,1H3,(H,18,19)/t11-,12-,14?/m1/s1. The summed E-state index contributed by atoms with van der Waals surface area (Å²) in [5, 5.41) is 22.0. The van der Waals surface area contributed by atoms with Crippen LogP contribution in [-0.4, -0.2) is 48.8 Å². The summed E-state index contributed by atoms with van der Waals surface area (Å²) < 4.78 is 10.9. The molecule has 0 bridgehead atoms. The molecular formula is C16H22BNO5. The summed E-state index contributed by atoms with van der Waals surface area (Å²) in [5.74, 6) is -0.186. The van der Waals surface area contributed by atoms with Gasteiger partial charge in [-0.2, -0.15) is 0 Å². The van der Waals surface area contributed by atoms with E-state index in [4.69, 9.17) is 9.47 Å². The van der Waals surface area contributed by atoms with Gasteiger partial charge >= 0.3 is 7.12 Å². The molecule has 3 N–H and O–H groups in total. The molecule has 6 nitrogen and oxygen atoms in total. The largest absolute Gasteiger partial charge is 0.492 e. The first-order chi connectivity index (χ1) is 11.1. The van der Waals surface area contributed by atoms with E-state index in [1.165, 1.54) is 0 Å². The Morgan fingerprint density at radius 2 is 2.26 bits per heavy atom. The summed E-state index contributed by atoms with van der Waals surface area (Å²) in [4.78, 5) is 12.2. The molecule has 1 aromatic carbocycles. The number of nitrogens with one attached hydrogen (secondary N) is 1. The van der Waals surface area contributed by atoms with E-state index in [0.717, 1.165) is 16.9 Å². The number of hydrogen-bond acceptors (Lipinski definition) is 5. The molecule has 3 rings (SSSR count). The van der Waals surface area contributed by atoms with Gasteiger partial charge in [0.05, 0.1) is 25.1 Å². The van der Waals surface area contributed by atoms with Crippen molar-refractivity contribution in [3.8, 4) is 5.75 Å². The normalized spacial score (nSPS) is 24.0. The van der Waals surface area contributed by atoms with Gasteiger partial charge in [-0.15, -0.1) is 0 Å². The van der Waals surface area contributed by atoms with Crippen molar-refractivity contribution in [3.63, 3.8) is 0 Å². The van der Waals surface area contributed by atoms with E-state index in [1.807, 2.05) is 25.1 Å². The van der Waals surface area contributed by atoms with E-state index in [0.29, 0.717) is 32.7 Å². The number of benzene rings is 1. The highest BCUT2D eigenvalue weighted by molar-refractivity contribution is 6.43. The summed E-state index contributed by atoms with van der Waals surface area (Å²) in [5.41, 5.74) is 2.13. The van der Waals surface area contributed by atoms with Gasteiger partial charge in [-0.25, -0.2) is 0 Å². The molecule has 1 unspecified atom stereocenters. The average molecular weight is 319 g/mol. The van der Waals surface area contributed by atoms with Crippen molar-refractivity contribution in [2.75, 3.05) is 19.8 Å². The SMILES string of the molecule is Cc1cccc2c1OC[C@H]2CC(NC(=O)[C@@H]1CCOC1)B(O)O. The molecule has 3 atom stereocenters. The number of amides is 1. The fraction of sp³-hybridized carbons (Fsp3) is 0.562. The summed E-state index contributed by atoms with van der Waals surface area (Å²) >= 11 is 0. The van der Waals surface area contributed by atoms with E-state index in [9.17, 15) is 14.8 Å². The number of carbonyl (C=O) groups is 1. The van der Waals surface area contributed by atoms with Crippen LogP contribution in [0.3, 0.4) is 0 Å². The minimum absolute atomic E-state index is 0.0387. The Hall–Kier alpha value is -1.57. The lowest BCUT2D eigenvalue weighted by molar-refractivity contribution is -0.125. The van der Waals surface area contributed by atoms with Crippen molar-refractivity contribution < 1.29 is 24.3 Å². The topological polar surface area (TPSA) is 88.0 Å². The number of carbonyl (C=O) groups excluding carboxylic acids is 1. The predicted octanol–water partition coefficient (Wildman–Crippen LogP) is 0.394. The van der Waals surface area contributed by atoms with E-state index >= 15 is 0 Å².